The standard InChI is InChI=1S/C24H27N7O2/c1-16(2)19-8-7-17(12-21(19)30-22(32)14-31(3)4)29-24(33)20-6-5-10-26-23(20)27-13-18-9-11-25-15-28-18/h5-12,15H,1,13-14H2,2-4H3,(H,26,27)(H,29,33)(H,30,32). The SMILES string of the molecule is C=C(C)c1ccc(NC(=O)c2cccnc2NCc2ccncn2)cc1NC(=O)CN(C)C. The normalized spacial score (nSPS) is 10.5. The minimum atomic E-state index is -0.332. The van der Waals surface area contributed by atoms with E-state index in [0.717, 1.165) is 16.8 Å². The zero-order valence-corrected chi connectivity index (χ0v) is 18.9. The van der Waals surface area contributed by atoms with Crippen LogP contribution < -0.4 is 16.0 Å². The Morgan fingerprint density at radius 3 is 2.55 bits per heavy atom. The maximum atomic E-state index is 13.0. The molecule has 2 amide bonds. The molecule has 0 spiro atoms. The van der Waals surface area contributed by atoms with Crippen molar-refractivity contribution in [1.29, 1.82) is 0 Å². The van der Waals surface area contributed by atoms with Gasteiger partial charge in [0.2, 0.25) is 5.91 Å². The summed E-state index contributed by atoms with van der Waals surface area (Å²) < 4.78 is 0. The summed E-state index contributed by atoms with van der Waals surface area (Å²) >= 11 is 0. The molecule has 2 aromatic heterocycles. The quantitative estimate of drug-likeness (QED) is 0.463. The van der Waals surface area contributed by atoms with Crippen LogP contribution in [0.4, 0.5) is 17.2 Å². The van der Waals surface area contributed by atoms with Crippen LogP contribution in [0.1, 0.15) is 28.5 Å². The number of anilines is 3. The van der Waals surface area contributed by atoms with Crippen molar-refractivity contribution in [2.45, 2.75) is 13.5 Å². The minimum absolute atomic E-state index is 0.158. The number of pyridine rings is 1. The Kier molecular flexibility index (Phi) is 7.82. The van der Waals surface area contributed by atoms with Crippen molar-refractivity contribution in [1.82, 2.24) is 19.9 Å². The average molecular weight is 446 g/mol. The number of likely N-dealkylation sites (N-methyl/N-ethyl adjacent to an activating group) is 1. The lowest BCUT2D eigenvalue weighted by molar-refractivity contribution is -0.116. The van der Waals surface area contributed by atoms with E-state index in [1.807, 2.05) is 27.1 Å². The first-order valence-corrected chi connectivity index (χ1v) is 10.3. The van der Waals surface area contributed by atoms with Crippen molar-refractivity contribution in [3.8, 4) is 0 Å². The number of nitrogens with zero attached hydrogens (tertiary/aromatic N) is 4. The second-order valence-electron chi connectivity index (χ2n) is 7.73. The summed E-state index contributed by atoms with van der Waals surface area (Å²) in [5.41, 5.74) is 3.88. The molecule has 0 aliphatic rings. The number of carbonyl (C=O) groups excluding carboxylic acids is 2. The summed E-state index contributed by atoms with van der Waals surface area (Å²) in [6.45, 7) is 6.47. The average Bonchev–Trinajstić information content (AvgIpc) is 2.78. The van der Waals surface area contributed by atoms with Crippen LogP contribution >= 0.6 is 0 Å². The lowest BCUT2D eigenvalue weighted by atomic mass is 10.1. The van der Waals surface area contributed by atoms with Gasteiger partial charge in [0.05, 0.1) is 30.0 Å². The van der Waals surface area contributed by atoms with Crippen molar-refractivity contribution < 1.29 is 9.59 Å². The Hall–Kier alpha value is -4.11. The number of benzene rings is 1. The molecule has 0 aliphatic heterocycles. The minimum Gasteiger partial charge on any atom is -0.364 e. The zero-order valence-electron chi connectivity index (χ0n) is 18.9. The third kappa shape index (κ3) is 6.68. The van der Waals surface area contributed by atoms with Gasteiger partial charge in [0.15, 0.2) is 0 Å². The number of hydrogen-bond donors (Lipinski definition) is 3. The molecule has 0 saturated carbocycles. The molecule has 33 heavy (non-hydrogen) atoms. The molecule has 9 nitrogen and oxygen atoms in total. The van der Waals surface area contributed by atoms with E-state index in [1.165, 1.54) is 6.33 Å². The predicted molar refractivity (Wildman–Crippen MR) is 130 cm³/mol. The number of aromatic nitrogens is 3. The molecule has 3 N–H and O–H groups in total. The lowest BCUT2D eigenvalue weighted by Gasteiger charge is -2.16. The molecule has 170 valence electrons. The van der Waals surface area contributed by atoms with Crippen molar-refractivity contribution in [2.75, 3.05) is 36.6 Å². The van der Waals surface area contributed by atoms with Gasteiger partial charge in [0, 0.05) is 23.6 Å². The molecule has 2 heterocycles. The maximum absolute atomic E-state index is 13.0. The summed E-state index contributed by atoms with van der Waals surface area (Å²) in [4.78, 5) is 39.4. The highest BCUT2D eigenvalue weighted by Crippen LogP contribution is 2.27. The summed E-state index contributed by atoms with van der Waals surface area (Å²) in [6, 6.07) is 10.5. The van der Waals surface area contributed by atoms with Crippen LogP contribution in [-0.2, 0) is 11.3 Å². The first kappa shape index (κ1) is 23.6. The Morgan fingerprint density at radius 2 is 1.85 bits per heavy atom. The fraction of sp³-hybridized carbons (Fsp3) is 0.208. The first-order chi connectivity index (χ1) is 15.8. The van der Waals surface area contributed by atoms with Crippen molar-refractivity contribution in [2.24, 2.45) is 0 Å². The summed E-state index contributed by atoms with van der Waals surface area (Å²) in [5.74, 6) is -0.0527. The highest BCUT2D eigenvalue weighted by Gasteiger charge is 2.15. The van der Waals surface area contributed by atoms with Gasteiger partial charge in [-0.2, -0.15) is 0 Å². The fourth-order valence-corrected chi connectivity index (χ4v) is 3.10. The van der Waals surface area contributed by atoms with Crippen LogP contribution in [0.15, 0.2) is 61.7 Å². The van der Waals surface area contributed by atoms with Crippen LogP contribution in [0, 0.1) is 0 Å². The van der Waals surface area contributed by atoms with Gasteiger partial charge in [-0.25, -0.2) is 15.0 Å². The van der Waals surface area contributed by atoms with E-state index in [-0.39, 0.29) is 18.4 Å². The third-order valence-corrected chi connectivity index (χ3v) is 4.60. The first-order valence-electron chi connectivity index (χ1n) is 10.3. The van der Waals surface area contributed by atoms with Gasteiger partial charge in [-0.1, -0.05) is 12.6 Å². The number of carbonyl (C=O) groups is 2. The van der Waals surface area contributed by atoms with Crippen molar-refractivity contribution in [3.63, 3.8) is 0 Å². The van der Waals surface area contributed by atoms with Gasteiger partial charge in [-0.05, 0) is 56.9 Å². The van der Waals surface area contributed by atoms with Crippen LogP contribution in [0.2, 0.25) is 0 Å². The van der Waals surface area contributed by atoms with Gasteiger partial charge >= 0.3 is 0 Å². The van der Waals surface area contributed by atoms with E-state index in [0.29, 0.717) is 29.3 Å². The Labute approximate surface area is 193 Å². The highest BCUT2D eigenvalue weighted by molar-refractivity contribution is 6.08. The largest absolute Gasteiger partial charge is 0.364 e. The van der Waals surface area contributed by atoms with Gasteiger partial charge < -0.3 is 20.9 Å². The highest BCUT2D eigenvalue weighted by atomic mass is 16.2. The summed E-state index contributed by atoms with van der Waals surface area (Å²) in [5, 5.41) is 8.92. The van der Waals surface area contributed by atoms with E-state index in [1.54, 1.807) is 47.6 Å². The Morgan fingerprint density at radius 1 is 1.03 bits per heavy atom. The van der Waals surface area contributed by atoms with Gasteiger partial charge in [0.25, 0.3) is 5.91 Å². The number of rotatable bonds is 9. The molecule has 9 heteroatoms. The van der Waals surface area contributed by atoms with Gasteiger partial charge in [-0.15, -0.1) is 0 Å². The van der Waals surface area contributed by atoms with E-state index >= 15 is 0 Å². The number of hydrogen-bond acceptors (Lipinski definition) is 7. The lowest BCUT2D eigenvalue weighted by Crippen LogP contribution is -2.27. The predicted octanol–water partition coefficient (Wildman–Crippen LogP) is 3.27. The molecule has 0 saturated heterocycles. The summed E-state index contributed by atoms with van der Waals surface area (Å²) in [7, 11) is 3.64. The van der Waals surface area contributed by atoms with Crippen LogP contribution in [-0.4, -0.2) is 52.3 Å². The smallest absolute Gasteiger partial charge is 0.259 e. The van der Waals surface area contributed by atoms with E-state index in [9.17, 15) is 9.59 Å². The van der Waals surface area contributed by atoms with Crippen LogP contribution in [0.3, 0.4) is 0 Å². The Bertz CT molecular complexity index is 1150. The molecule has 1 aromatic carbocycles. The second-order valence-corrected chi connectivity index (χ2v) is 7.73. The number of amides is 2. The molecule has 0 fully saturated rings. The number of nitrogens with one attached hydrogen (secondary N) is 3. The third-order valence-electron chi connectivity index (χ3n) is 4.60. The van der Waals surface area contributed by atoms with E-state index in [4.69, 9.17) is 0 Å². The molecule has 0 radical (unpaired) electrons. The van der Waals surface area contributed by atoms with Gasteiger partial charge in [0.1, 0.15) is 12.1 Å². The van der Waals surface area contributed by atoms with Gasteiger partial charge in [-0.3, -0.25) is 9.59 Å². The van der Waals surface area contributed by atoms with Crippen molar-refractivity contribution in [3.05, 3.63) is 78.5 Å². The molecule has 3 aromatic rings. The van der Waals surface area contributed by atoms with Crippen LogP contribution in [0.25, 0.3) is 5.57 Å². The molecule has 3 rings (SSSR count). The maximum Gasteiger partial charge on any atom is 0.259 e. The number of allylic oxidation sites excluding steroid dienone is 1. The fourth-order valence-electron chi connectivity index (χ4n) is 3.10. The van der Waals surface area contributed by atoms with Crippen LogP contribution in [0.5, 0.6) is 0 Å². The monoisotopic (exact) mass is 445 g/mol. The Balaban J connectivity index is 1.78. The molecule has 0 bridgehead atoms. The second kappa shape index (κ2) is 11.0. The molecular formula is C24H27N7O2. The molecule has 0 atom stereocenters. The summed E-state index contributed by atoms with van der Waals surface area (Å²) in [6.07, 6.45) is 4.73. The topological polar surface area (TPSA) is 112 Å². The zero-order chi connectivity index (χ0) is 23.8. The van der Waals surface area contributed by atoms with E-state index in [2.05, 4.69) is 37.5 Å². The molecule has 0 aliphatic carbocycles. The molecular weight excluding hydrogens is 418 g/mol. The molecule has 0 unspecified atom stereocenters. The van der Waals surface area contributed by atoms with E-state index < -0.39 is 0 Å². The van der Waals surface area contributed by atoms with Crippen molar-refractivity contribution >= 4 is 34.6 Å².